The van der Waals surface area contributed by atoms with Gasteiger partial charge in [0.15, 0.2) is 0 Å². The molecule has 1 aromatic heterocycles. The Balaban J connectivity index is 1.45. The molecular weight excluding hydrogens is 376 g/mol. The van der Waals surface area contributed by atoms with E-state index in [9.17, 15) is 22.4 Å². The smallest absolute Gasteiger partial charge is 0.325 e. The monoisotopic (exact) mass is 396 g/mol. The first-order valence-corrected chi connectivity index (χ1v) is 8.82. The van der Waals surface area contributed by atoms with Crippen molar-refractivity contribution >= 4 is 11.6 Å². The van der Waals surface area contributed by atoms with Gasteiger partial charge in [0.25, 0.3) is 0 Å². The van der Waals surface area contributed by atoms with Gasteiger partial charge in [0.2, 0.25) is 5.91 Å². The molecule has 2 aromatic rings. The van der Waals surface area contributed by atoms with E-state index in [0.717, 1.165) is 6.07 Å². The van der Waals surface area contributed by atoms with Crippen molar-refractivity contribution in [3.8, 4) is 0 Å². The number of aromatic nitrogens is 1. The number of rotatable bonds is 5. The molecule has 0 unspecified atom stereocenters. The van der Waals surface area contributed by atoms with Gasteiger partial charge in [0.05, 0.1) is 6.54 Å². The number of amides is 1. The summed E-state index contributed by atoms with van der Waals surface area (Å²) in [5.41, 5.74) is 0.203. The van der Waals surface area contributed by atoms with E-state index in [4.69, 9.17) is 0 Å². The van der Waals surface area contributed by atoms with Crippen molar-refractivity contribution in [3.63, 3.8) is 0 Å². The molecule has 1 fully saturated rings. The van der Waals surface area contributed by atoms with Crippen LogP contribution in [-0.4, -0.2) is 53.4 Å². The zero-order valence-corrected chi connectivity index (χ0v) is 15.0. The molecule has 3 rings (SSSR count). The average molecular weight is 396 g/mol. The van der Waals surface area contributed by atoms with Crippen LogP contribution in [0.25, 0.3) is 0 Å². The zero-order valence-electron chi connectivity index (χ0n) is 15.0. The van der Waals surface area contributed by atoms with E-state index >= 15 is 0 Å². The Morgan fingerprint density at radius 1 is 1.04 bits per heavy atom. The highest BCUT2D eigenvalue weighted by molar-refractivity contribution is 5.92. The quantitative estimate of drug-likeness (QED) is 0.790. The molecule has 0 aliphatic carbocycles. The first-order valence-electron chi connectivity index (χ1n) is 8.82. The molecule has 9 heteroatoms. The van der Waals surface area contributed by atoms with Crippen molar-refractivity contribution in [1.82, 2.24) is 14.8 Å². The first-order chi connectivity index (χ1) is 13.3. The van der Waals surface area contributed by atoms with Crippen molar-refractivity contribution in [2.45, 2.75) is 12.7 Å². The molecule has 0 radical (unpaired) electrons. The van der Waals surface area contributed by atoms with Crippen molar-refractivity contribution in [2.24, 2.45) is 0 Å². The molecule has 0 spiro atoms. The van der Waals surface area contributed by atoms with Crippen LogP contribution in [0.2, 0.25) is 0 Å². The third kappa shape index (κ3) is 5.74. The average Bonchev–Trinajstić information content (AvgIpc) is 2.65. The van der Waals surface area contributed by atoms with Crippen LogP contribution in [0.1, 0.15) is 11.3 Å². The normalized spacial score (nSPS) is 16.1. The summed E-state index contributed by atoms with van der Waals surface area (Å²) in [5, 5.41) is 2.71. The van der Waals surface area contributed by atoms with Gasteiger partial charge in [-0.1, -0.05) is 0 Å². The number of carbonyl (C=O) groups is 1. The Morgan fingerprint density at radius 2 is 1.68 bits per heavy atom. The van der Waals surface area contributed by atoms with Crippen LogP contribution in [-0.2, 0) is 17.5 Å². The number of anilines is 1. The summed E-state index contributed by atoms with van der Waals surface area (Å²) in [6, 6.07) is 8.19. The third-order valence-electron chi connectivity index (χ3n) is 4.48. The molecule has 1 aliphatic heterocycles. The van der Waals surface area contributed by atoms with Gasteiger partial charge in [0.1, 0.15) is 11.5 Å². The minimum Gasteiger partial charge on any atom is -0.325 e. The zero-order chi connectivity index (χ0) is 20.1. The summed E-state index contributed by atoms with van der Waals surface area (Å²) in [5.74, 6) is -0.560. The lowest BCUT2D eigenvalue weighted by atomic mass is 10.2. The maximum absolute atomic E-state index is 12.9. The lowest BCUT2D eigenvalue weighted by Crippen LogP contribution is -2.48. The standard InChI is InChI=1S/C19H20F4N4O/c20-15-1-3-16(4-2-15)25-18(28)13-27-9-7-26(8-10-27)12-14-5-6-24-17(11-14)19(21,22)23/h1-6,11H,7-10,12-13H2,(H,25,28). The van der Waals surface area contributed by atoms with Crippen LogP contribution in [0.3, 0.4) is 0 Å². The van der Waals surface area contributed by atoms with Gasteiger partial charge >= 0.3 is 6.18 Å². The topological polar surface area (TPSA) is 48.5 Å². The van der Waals surface area contributed by atoms with Gasteiger partial charge in [-0.25, -0.2) is 4.39 Å². The van der Waals surface area contributed by atoms with Crippen LogP contribution in [0.5, 0.6) is 0 Å². The van der Waals surface area contributed by atoms with Gasteiger partial charge in [-0.3, -0.25) is 19.6 Å². The maximum atomic E-state index is 12.9. The molecule has 1 aromatic carbocycles. The lowest BCUT2D eigenvalue weighted by molar-refractivity contribution is -0.141. The predicted octanol–water partition coefficient (Wildman–Crippen LogP) is 3.00. The number of hydrogen-bond acceptors (Lipinski definition) is 4. The number of nitrogens with zero attached hydrogens (tertiary/aromatic N) is 3. The molecular formula is C19H20F4N4O. The number of benzene rings is 1. The molecule has 0 saturated carbocycles. The van der Waals surface area contributed by atoms with Crippen LogP contribution >= 0.6 is 0 Å². The Bertz CT molecular complexity index is 802. The number of alkyl halides is 3. The molecule has 5 nitrogen and oxygen atoms in total. The molecule has 1 N–H and O–H groups in total. The van der Waals surface area contributed by atoms with Gasteiger partial charge in [-0.05, 0) is 42.0 Å². The van der Waals surface area contributed by atoms with Gasteiger partial charge in [-0.2, -0.15) is 13.2 Å². The maximum Gasteiger partial charge on any atom is 0.433 e. The second-order valence-electron chi connectivity index (χ2n) is 6.65. The van der Waals surface area contributed by atoms with Crippen molar-refractivity contribution in [1.29, 1.82) is 0 Å². The molecule has 1 aliphatic rings. The summed E-state index contributed by atoms with van der Waals surface area (Å²) in [6.45, 7) is 3.17. The van der Waals surface area contributed by atoms with E-state index < -0.39 is 11.9 Å². The summed E-state index contributed by atoms with van der Waals surface area (Å²) >= 11 is 0. The fourth-order valence-electron chi connectivity index (χ4n) is 3.03. The Kier molecular flexibility index (Phi) is 6.25. The number of halogens is 4. The van der Waals surface area contributed by atoms with E-state index in [-0.39, 0.29) is 18.3 Å². The fraction of sp³-hybridized carbons (Fsp3) is 0.368. The van der Waals surface area contributed by atoms with E-state index in [2.05, 4.69) is 10.3 Å². The second-order valence-corrected chi connectivity index (χ2v) is 6.65. The molecule has 0 atom stereocenters. The second kappa shape index (κ2) is 8.66. The third-order valence-corrected chi connectivity index (χ3v) is 4.48. The largest absolute Gasteiger partial charge is 0.433 e. The summed E-state index contributed by atoms with van der Waals surface area (Å²) in [6.07, 6.45) is -3.28. The molecule has 2 heterocycles. The van der Waals surface area contributed by atoms with Crippen LogP contribution in [0, 0.1) is 5.82 Å². The molecule has 0 bridgehead atoms. The predicted molar refractivity (Wildman–Crippen MR) is 96.0 cm³/mol. The number of carbonyl (C=O) groups excluding carboxylic acids is 1. The van der Waals surface area contributed by atoms with E-state index in [0.29, 0.717) is 44.0 Å². The van der Waals surface area contributed by atoms with Crippen molar-refractivity contribution < 1.29 is 22.4 Å². The van der Waals surface area contributed by atoms with Gasteiger partial charge in [-0.15, -0.1) is 0 Å². The van der Waals surface area contributed by atoms with Crippen LogP contribution < -0.4 is 5.32 Å². The SMILES string of the molecule is O=C(CN1CCN(Cc2ccnc(C(F)(F)F)c2)CC1)Nc1ccc(F)cc1. The van der Waals surface area contributed by atoms with Crippen molar-refractivity contribution in [2.75, 3.05) is 38.0 Å². The lowest BCUT2D eigenvalue weighted by Gasteiger charge is -2.34. The molecule has 150 valence electrons. The van der Waals surface area contributed by atoms with Crippen molar-refractivity contribution in [3.05, 3.63) is 59.7 Å². The summed E-state index contributed by atoms with van der Waals surface area (Å²) in [4.78, 5) is 19.5. The highest BCUT2D eigenvalue weighted by Crippen LogP contribution is 2.28. The minimum absolute atomic E-state index is 0.191. The number of nitrogens with one attached hydrogen (secondary N) is 1. The molecule has 28 heavy (non-hydrogen) atoms. The molecule has 1 saturated heterocycles. The number of pyridine rings is 1. The van der Waals surface area contributed by atoms with E-state index in [1.165, 1.54) is 30.5 Å². The highest BCUT2D eigenvalue weighted by atomic mass is 19.4. The van der Waals surface area contributed by atoms with E-state index in [1.54, 1.807) is 6.07 Å². The molecule has 1 amide bonds. The fourth-order valence-corrected chi connectivity index (χ4v) is 3.03. The Hall–Kier alpha value is -2.52. The van der Waals surface area contributed by atoms with Gasteiger partial charge < -0.3 is 5.32 Å². The van der Waals surface area contributed by atoms with Crippen LogP contribution in [0.15, 0.2) is 42.6 Å². The summed E-state index contributed by atoms with van der Waals surface area (Å²) in [7, 11) is 0. The Labute approximate surface area is 160 Å². The summed E-state index contributed by atoms with van der Waals surface area (Å²) < 4.78 is 51.2. The number of piperazine rings is 1. The van der Waals surface area contributed by atoms with Gasteiger partial charge in [0, 0.05) is 44.6 Å². The Morgan fingerprint density at radius 3 is 2.32 bits per heavy atom. The number of hydrogen-bond donors (Lipinski definition) is 1. The van der Waals surface area contributed by atoms with E-state index in [1.807, 2.05) is 9.80 Å². The van der Waals surface area contributed by atoms with Crippen LogP contribution in [0.4, 0.5) is 23.2 Å². The minimum atomic E-state index is -4.45. The first kappa shape index (κ1) is 20.2. The highest BCUT2D eigenvalue weighted by Gasteiger charge is 2.32.